The number of piperidine rings is 1. The van der Waals surface area contributed by atoms with Crippen molar-refractivity contribution in [3.8, 4) is 0 Å². The smallest absolute Gasteiger partial charge is 0.0201 e. The molecule has 1 saturated heterocycles. The van der Waals surface area contributed by atoms with Gasteiger partial charge in [-0.25, -0.2) is 3.11 Å². The second kappa shape index (κ2) is 4.62. The van der Waals surface area contributed by atoms with Gasteiger partial charge in [-0.1, -0.05) is 0 Å². The quantitative estimate of drug-likeness (QED) is 0.554. The van der Waals surface area contributed by atoms with Crippen molar-refractivity contribution in [2.24, 2.45) is 5.92 Å². The normalized spacial score (nSPS) is 27.8. The Bertz CT molecular complexity index is 115. The third kappa shape index (κ3) is 3.71. The van der Waals surface area contributed by atoms with Gasteiger partial charge in [0, 0.05) is 42.5 Å². The van der Waals surface area contributed by atoms with Crippen molar-refractivity contribution >= 4 is 22.9 Å². The molecule has 0 spiro atoms. The maximum absolute atomic E-state index is 2.43. The highest BCUT2D eigenvalue weighted by molar-refractivity contribution is 14.1. The molecule has 1 fully saturated rings. The lowest BCUT2D eigenvalue weighted by molar-refractivity contribution is 0.239. The predicted molar refractivity (Wildman–Crippen MR) is 56.9 cm³/mol. The zero-order valence-electron chi connectivity index (χ0n) is 7.39. The summed E-state index contributed by atoms with van der Waals surface area (Å²) in [7, 11) is 4.32. The van der Waals surface area contributed by atoms with E-state index in [1.807, 2.05) is 0 Å². The molecule has 66 valence electrons. The lowest BCUT2D eigenvalue weighted by Crippen LogP contribution is -2.34. The molecular weight excluding hydrogens is 251 g/mol. The summed E-state index contributed by atoms with van der Waals surface area (Å²) in [6.07, 6.45) is 2.79. The molecule has 11 heavy (non-hydrogen) atoms. The van der Waals surface area contributed by atoms with Gasteiger partial charge in [-0.3, -0.25) is 0 Å². The average Bonchev–Trinajstić information content (AvgIpc) is 1.85. The van der Waals surface area contributed by atoms with Crippen molar-refractivity contribution in [3.63, 3.8) is 0 Å². The first-order chi connectivity index (χ1) is 5.18. The van der Waals surface area contributed by atoms with Crippen LogP contribution in [0.5, 0.6) is 0 Å². The minimum Gasteiger partial charge on any atom is -0.309 e. The molecule has 2 nitrogen and oxygen atoms in total. The van der Waals surface area contributed by atoms with Crippen LogP contribution in [-0.2, 0) is 0 Å². The summed E-state index contributed by atoms with van der Waals surface area (Å²) in [5.41, 5.74) is 0. The van der Waals surface area contributed by atoms with Crippen molar-refractivity contribution in [2.75, 3.05) is 33.7 Å². The Hall–Kier alpha value is 0.650. The molecule has 0 radical (unpaired) electrons. The Morgan fingerprint density at radius 2 is 2.27 bits per heavy atom. The number of nitrogens with zero attached hydrogens (tertiary/aromatic N) is 2. The van der Waals surface area contributed by atoms with Gasteiger partial charge < -0.3 is 4.90 Å². The van der Waals surface area contributed by atoms with E-state index in [1.54, 1.807) is 0 Å². The van der Waals surface area contributed by atoms with Crippen molar-refractivity contribution < 1.29 is 0 Å². The largest absolute Gasteiger partial charge is 0.309 e. The van der Waals surface area contributed by atoms with Crippen LogP contribution in [0, 0.1) is 5.92 Å². The summed E-state index contributed by atoms with van der Waals surface area (Å²) in [6, 6.07) is 0. The fourth-order valence-electron chi connectivity index (χ4n) is 1.68. The molecule has 0 aromatic heterocycles. The summed E-state index contributed by atoms with van der Waals surface area (Å²) in [5.74, 6) is 0.899. The molecule has 0 aromatic carbocycles. The van der Waals surface area contributed by atoms with Crippen LogP contribution in [0.25, 0.3) is 0 Å². The van der Waals surface area contributed by atoms with E-state index in [2.05, 4.69) is 45.0 Å². The molecule has 3 heteroatoms. The number of hydrogen-bond acceptors (Lipinski definition) is 2. The SMILES string of the molecule is CN(C)C[C@@H]1CCCN(I)C1. The summed E-state index contributed by atoms with van der Waals surface area (Å²) in [4.78, 5) is 2.29. The van der Waals surface area contributed by atoms with Crippen LogP contribution in [0.3, 0.4) is 0 Å². The van der Waals surface area contributed by atoms with E-state index in [1.165, 1.54) is 32.5 Å². The Balaban J connectivity index is 2.23. The first-order valence-corrected chi connectivity index (χ1v) is 5.20. The molecule has 0 unspecified atom stereocenters. The van der Waals surface area contributed by atoms with Gasteiger partial charge in [-0.15, -0.1) is 0 Å². The summed E-state index contributed by atoms with van der Waals surface area (Å²) < 4.78 is 2.41. The monoisotopic (exact) mass is 268 g/mol. The van der Waals surface area contributed by atoms with E-state index in [-0.39, 0.29) is 0 Å². The summed E-state index contributed by atoms with van der Waals surface area (Å²) >= 11 is 2.43. The van der Waals surface area contributed by atoms with E-state index < -0.39 is 0 Å². The van der Waals surface area contributed by atoms with Crippen LogP contribution < -0.4 is 0 Å². The van der Waals surface area contributed by atoms with E-state index in [9.17, 15) is 0 Å². The van der Waals surface area contributed by atoms with Crippen LogP contribution >= 0.6 is 22.9 Å². The Labute approximate surface area is 83.4 Å². The van der Waals surface area contributed by atoms with Gasteiger partial charge in [0.25, 0.3) is 0 Å². The third-order valence-corrected chi connectivity index (χ3v) is 2.97. The van der Waals surface area contributed by atoms with Gasteiger partial charge in [0.05, 0.1) is 0 Å². The Morgan fingerprint density at radius 1 is 1.55 bits per heavy atom. The van der Waals surface area contributed by atoms with Gasteiger partial charge >= 0.3 is 0 Å². The van der Waals surface area contributed by atoms with Crippen LogP contribution in [0.15, 0.2) is 0 Å². The van der Waals surface area contributed by atoms with Crippen molar-refractivity contribution in [1.82, 2.24) is 8.01 Å². The van der Waals surface area contributed by atoms with E-state index in [4.69, 9.17) is 0 Å². The highest BCUT2D eigenvalue weighted by Crippen LogP contribution is 2.19. The van der Waals surface area contributed by atoms with Crippen LogP contribution in [0.4, 0.5) is 0 Å². The average molecular weight is 268 g/mol. The van der Waals surface area contributed by atoms with Gasteiger partial charge in [0.1, 0.15) is 0 Å². The lowest BCUT2D eigenvalue weighted by atomic mass is 9.99. The molecule has 0 N–H and O–H groups in total. The summed E-state index contributed by atoms with van der Waals surface area (Å²) in [5, 5.41) is 0. The van der Waals surface area contributed by atoms with E-state index in [0.717, 1.165) is 5.92 Å². The maximum atomic E-state index is 2.43. The zero-order chi connectivity index (χ0) is 8.27. The molecule has 1 rings (SSSR count). The molecule has 0 bridgehead atoms. The van der Waals surface area contributed by atoms with Gasteiger partial charge in [-0.2, -0.15) is 0 Å². The van der Waals surface area contributed by atoms with E-state index in [0.29, 0.717) is 0 Å². The highest BCUT2D eigenvalue weighted by Gasteiger charge is 2.17. The number of halogens is 1. The van der Waals surface area contributed by atoms with E-state index >= 15 is 0 Å². The predicted octanol–water partition coefficient (Wildman–Crippen LogP) is 1.61. The molecule has 0 aromatic rings. The van der Waals surface area contributed by atoms with Gasteiger partial charge in [0.15, 0.2) is 0 Å². The fourth-order valence-corrected chi connectivity index (χ4v) is 2.58. The first kappa shape index (κ1) is 9.74. The van der Waals surface area contributed by atoms with Crippen LogP contribution in [0.2, 0.25) is 0 Å². The minimum absolute atomic E-state index is 0.899. The third-order valence-electron chi connectivity index (χ3n) is 2.09. The Morgan fingerprint density at radius 3 is 2.82 bits per heavy atom. The van der Waals surface area contributed by atoms with Gasteiger partial charge in [-0.05, 0) is 32.9 Å². The number of hydrogen-bond donors (Lipinski definition) is 0. The zero-order valence-corrected chi connectivity index (χ0v) is 9.54. The lowest BCUT2D eigenvalue weighted by Gasteiger charge is -2.29. The van der Waals surface area contributed by atoms with Crippen LogP contribution in [-0.4, -0.2) is 41.7 Å². The standard InChI is InChI=1S/C8H17IN2/c1-10(2)6-8-4-3-5-11(9)7-8/h8H,3-7H2,1-2H3/t8-/m0/s1. The van der Waals surface area contributed by atoms with Crippen molar-refractivity contribution in [2.45, 2.75) is 12.8 Å². The molecule has 1 aliphatic heterocycles. The maximum Gasteiger partial charge on any atom is 0.0201 e. The fraction of sp³-hybridized carbons (Fsp3) is 1.00. The summed E-state index contributed by atoms with van der Waals surface area (Å²) in [6.45, 7) is 3.81. The first-order valence-electron chi connectivity index (χ1n) is 4.24. The highest BCUT2D eigenvalue weighted by atomic mass is 127. The second-order valence-corrected chi connectivity index (χ2v) is 5.00. The molecule has 0 amide bonds. The molecule has 0 aliphatic carbocycles. The van der Waals surface area contributed by atoms with Crippen molar-refractivity contribution in [3.05, 3.63) is 0 Å². The molecule has 1 heterocycles. The topological polar surface area (TPSA) is 6.48 Å². The second-order valence-electron chi connectivity index (χ2n) is 3.64. The molecule has 0 saturated carbocycles. The minimum atomic E-state index is 0.899. The van der Waals surface area contributed by atoms with Crippen LogP contribution in [0.1, 0.15) is 12.8 Å². The molecule has 1 atom stereocenters. The molecule has 1 aliphatic rings. The van der Waals surface area contributed by atoms with Crippen molar-refractivity contribution in [1.29, 1.82) is 0 Å². The number of rotatable bonds is 2. The molecular formula is C8H17IN2. The Kier molecular flexibility index (Phi) is 4.09. The van der Waals surface area contributed by atoms with Gasteiger partial charge in [0.2, 0.25) is 0 Å².